The van der Waals surface area contributed by atoms with Crippen molar-refractivity contribution in [1.29, 1.82) is 0 Å². The Morgan fingerprint density at radius 1 is 1.22 bits per heavy atom. The summed E-state index contributed by atoms with van der Waals surface area (Å²) < 4.78 is 65.0. The van der Waals surface area contributed by atoms with Gasteiger partial charge in [-0.25, -0.2) is 8.42 Å². The van der Waals surface area contributed by atoms with Gasteiger partial charge in [0.15, 0.2) is 11.3 Å². The lowest BCUT2D eigenvalue weighted by atomic mass is 10.4. The molecule has 0 fully saturated rings. The molecule has 7 nitrogen and oxygen atoms in total. The number of hydrogen-bond donors (Lipinski definition) is 0. The van der Waals surface area contributed by atoms with E-state index in [0.717, 1.165) is 4.68 Å². The zero-order valence-electron chi connectivity index (χ0n) is 11.7. The van der Waals surface area contributed by atoms with Crippen LogP contribution in [-0.2, 0) is 28.8 Å². The van der Waals surface area contributed by atoms with E-state index in [1.807, 2.05) is 0 Å². The van der Waals surface area contributed by atoms with Gasteiger partial charge < -0.3 is 0 Å². The highest BCUT2D eigenvalue weighted by Crippen LogP contribution is 2.29. The first-order valence-electron chi connectivity index (χ1n) is 6.31. The average molecular weight is 345 g/mol. The molecule has 0 aromatic carbocycles. The normalized spacial score (nSPS) is 12.9. The van der Waals surface area contributed by atoms with Crippen molar-refractivity contribution in [3.8, 4) is 0 Å². The first-order chi connectivity index (χ1) is 10.7. The standard InChI is InChI=1S/C12H10F3N5O2S/c1-19-8(6-9(18-19)12(13,14)15)7-23(21,22)11-17-16-10-4-2-3-5-20(10)11/h2-6H,7H2,1H3. The molecule has 0 bridgehead atoms. The highest BCUT2D eigenvalue weighted by Gasteiger charge is 2.35. The van der Waals surface area contributed by atoms with E-state index < -0.39 is 27.5 Å². The molecule has 0 saturated carbocycles. The minimum atomic E-state index is -4.64. The summed E-state index contributed by atoms with van der Waals surface area (Å²) in [6.45, 7) is 0. The number of aromatic nitrogens is 5. The maximum Gasteiger partial charge on any atom is 0.435 e. The minimum Gasteiger partial charge on any atom is -0.273 e. The van der Waals surface area contributed by atoms with Crippen molar-refractivity contribution in [2.24, 2.45) is 7.05 Å². The molecule has 0 atom stereocenters. The van der Waals surface area contributed by atoms with Crippen LogP contribution in [0.25, 0.3) is 5.65 Å². The van der Waals surface area contributed by atoms with Crippen molar-refractivity contribution < 1.29 is 21.6 Å². The Morgan fingerprint density at radius 3 is 2.61 bits per heavy atom. The predicted molar refractivity (Wildman–Crippen MR) is 72.1 cm³/mol. The Hall–Kier alpha value is -2.43. The number of hydrogen-bond acceptors (Lipinski definition) is 5. The van der Waals surface area contributed by atoms with Crippen molar-refractivity contribution in [1.82, 2.24) is 24.4 Å². The van der Waals surface area contributed by atoms with E-state index in [1.165, 1.54) is 17.6 Å². The first kappa shape index (κ1) is 15.5. The van der Waals surface area contributed by atoms with E-state index in [4.69, 9.17) is 0 Å². The van der Waals surface area contributed by atoms with Crippen LogP contribution in [0.4, 0.5) is 13.2 Å². The van der Waals surface area contributed by atoms with E-state index in [0.29, 0.717) is 11.7 Å². The van der Waals surface area contributed by atoms with Gasteiger partial charge >= 0.3 is 6.18 Å². The number of fused-ring (bicyclic) bond motifs is 1. The van der Waals surface area contributed by atoms with Gasteiger partial charge in [-0.3, -0.25) is 9.08 Å². The van der Waals surface area contributed by atoms with E-state index in [2.05, 4.69) is 15.3 Å². The lowest BCUT2D eigenvalue weighted by molar-refractivity contribution is -0.141. The Kier molecular flexibility index (Phi) is 3.39. The molecule has 0 amide bonds. The number of sulfone groups is 1. The quantitative estimate of drug-likeness (QED) is 0.718. The summed E-state index contributed by atoms with van der Waals surface area (Å²) in [5.74, 6) is -0.664. The summed E-state index contributed by atoms with van der Waals surface area (Å²) in [5, 5.41) is 10.3. The molecule has 0 aliphatic rings. The van der Waals surface area contributed by atoms with E-state index in [-0.39, 0.29) is 10.9 Å². The number of rotatable bonds is 3. The summed E-state index contributed by atoms with van der Waals surface area (Å²) in [4.78, 5) is 0. The lowest BCUT2D eigenvalue weighted by Gasteiger charge is -2.03. The Balaban J connectivity index is 2.01. The second-order valence-electron chi connectivity index (χ2n) is 4.81. The van der Waals surface area contributed by atoms with E-state index in [9.17, 15) is 21.6 Å². The van der Waals surface area contributed by atoms with E-state index in [1.54, 1.807) is 18.2 Å². The van der Waals surface area contributed by atoms with E-state index >= 15 is 0 Å². The second-order valence-corrected chi connectivity index (χ2v) is 6.70. The Morgan fingerprint density at radius 2 is 1.96 bits per heavy atom. The third-order valence-electron chi connectivity index (χ3n) is 3.17. The number of halogens is 3. The SMILES string of the molecule is Cn1nc(C(F)(F)F)cc1CS(=O)(=O)c1nnc2ccccn12. The molecule has 0 aliphatic carbocycles. The molecule has 3 aromatic rings. The maximum absolute atomic E-state index is 12.6. The molecule has 3 heterocycles. The zero-order valence-corrected chi connectivity index (χ0v) is 12.5. The second kappa shape index (κ2) is 5.05. The minimum absolute atomic E-state index is 0.0926. The molecular formula is C12H10F3N5O2S. The molecular weight excluding hydrogens is 335 g/mol. The molecule has 0 radical (unpaired) electrons. The van der Waals surface area contributed by atoms with Gasteiger partial charge in [0.1, 0.15) is 0 Å². The van der Waals surface area contributed by atoms with Gasteiger partial charge in [0.05, 0.1) is 11.4 Å². The summed E-state index contributed by atoms with van der Waals surface area (Å²) in [6.07, 6.45) is -3.17. The smallest absolute Gasteiger partial charge is 0.273 e. The predicted octanol–water partition coefficient (Wildman–Crippen LogP) is 1.46. The molecule has 3 rings (SSSR count). The van der Waals surface area contributed by atoms with Crippen LogP contribution < -0.4 is 0 Å². The highest BCUT2D eigenvalue weighted by atomic mass is 32.2. The number of alkyl halides is 3. The molecule has 122 valence electrons. The molecule has 0 aliphatic heterocycles. The molecule has 0 N–H and O–H groups in total. The van der Waals surface area contributed by atoms with Crippen LogP contribution in [0.3, 0.4) is 0 Å². The number of pyridine rings is 1. The summed E-state index contributed by atoms with van der Waals surface area (Å²) in [6, 6.07) is 5.54. The Bertz CT molecular complexity index is 974. The monoisotopic (exact) mass is 345 g/mol. The average Bonchev–Trinajstić information content (AvgIpc) is 3.03. The van der Waals surface area contributed by atoms with Gasteiger partial charge in [0.2, 0.25) is 9.84 Å². The van der Waals surface area contributed by atoms with Crippen LogP contribution in [0.1, 0.15) is 11.4 Å². The summed E-state index contributed by atoms with van der Waals surface area (Å²) in [7, 11) is -2.74. The number of nitrogens with zero attached hydrogens (tertiary/aromatic N) is 5. The fourth-order valence-electron chi connectivity index (χ4n) is 2.07. The van der Waals surface area contributed by atoms with Crippen molar-refractivity contribution in [3.05, 3.63) is 41.9 Å². The van der Waals surface area contributed by atoms with Gasteiger partial charge in [-0.15, -0.1) is 10.2 Å². The first-order valence-corrected chi connectivity index (χ1v) is 7.96. The van der Waals surface area contributed by atoms with Crippen LogP contribution in [0.5, 0.6) is 0 Å². The third kappa shape index (κ3) is 2.79. The van der Waals surface area contributed by atoms with Crippen molar-refractivity contribution in [2.75, 3.05) is 0 Å². The highest BCUT2D eigenvalue weighted by molar-refractivity contribution is 7.90. The van der Waals surface area contributed by atoms with Crippen LogP contribution in [0.15, 0.2) is 35.6 Å². The Labute approximate surface area is 128 Å². The van der Waals surface area contributed by atoms with Gasteiger partial charge in [0.25, 0.3) is 5.16 Å². The molecule has 11 heteroatoms. The number of aryl methyl sites for hydroxylation is 1. The maximum atomic E-state index is 12.6. The van der Waals surface area contributed by atoms with Gasteiger partial charge in [-0.05, 0) is 18.2 Å². The lowest BCUT2D eigenvalue weighted by Crippen LogP contribution is -2.12. The zero-order chi connectivity index (χ0) is 16.8. The third-order valence-corrected chi connectivity index (χ3v) is 4.68. The van der Waals surface area contributed by atoms with Gasteiger partial charge in [0, 0.05) is 13.2 Å². The molecule has 3 aromatic heterocycles. The largest absolute Gasteiger partial charge is 0.435 e. The van der Waals surface area contributed by atoms with Crippen LogP contribution in [-0.4, -0.2) is 32.8 Å². The topological polar surface area (TPSA) is 82.1 Å². The van der Waals surface area contributed by atoms with Crippen molar-refractivity contribution in [2.45, 2.75) is 17.1 Å². The molecule has 0 spiro atoms. The molecule has 0 saturated heterocycles. The summed E-state index contributed by atoms with van der Waals surface area (Å²) >= 11 is 0. The van der Waals surface area contributed by atoms with Crippen LogP contribution >= 0.6 is 0 Å². The summed E-state index contributed by atoms with van der Waals surface area (Å²) in [5.41, 5.74) is -0.909. The van der Waals surface area contributed by atoms with Gasteiger partial charge in [-0.1, -0.05) is 6.07 Å². The van der Waals surface area contributed by atoms with Crippen molar-refractivity contribution >= 4 is 15.5 Å². The van der Waals surface area contributed by atoms with Crippen LogP contribution in [0.2, 0.25) is 0 Å². The van der Waals surface area contributed by atoms with Gasteiger partial charge in [-0.2, -0.15) is 18.3 Å². The fraction of sp³-hybridized carbons (Fsp3) is 0.250. The van der Waals surface area contributed by atoms with Crippen molar-refractivity contribution in [3.63, 3.8) is 0 Å². The van der Waals surface area contributed by atoms with Crippen LogP contribution in [0, 0.1) is 0 Å². The molecule has 0 unspecified atom stereocenters. The molecule has 23 heavy (non-hydrogen) atoms. The fourth-order valence-corrected chi connectivity index (χ4v) is 3.48.